The second-order valence-electron chi connectivity index (χ2n) is 15.1. The number of aromatic nitrogens is 1. The van der Waals surface area contributed by atoms with Crippen molar-refractivity contribution in [2.75, 3.05) is 0 Å². The molecule has 2 heterocycles. The van der Waals surface area contributed by atoms with E-state index in [9.17, 15) is 9.90 Å². The third-order valence-electron chi connectivity index (χ3n) is 10.8. The number of nitrogens with zero attached hydrogens (tertiary/aromatic N) is 1. The smallest absolute Gasteiger partial charge is 0.162 e. The molecular formula is C46H60IrNO2SSi-. The summed E-state index contributed by atoms with van der Waals surface area (Å²) in [6.07, 6.45) is 9.15. The van der Waals surface area contributed by atoms with Crippen molar-refractivity contribution in [2.24, 2.45) is 11.8 Å². The number of aliphatic hydroxyl groups is 1. The van der Waals surface area contributed by atoms with Crippen LogP contribution in [0, 0.1) is 31.7 Å². The van der Waals surface area contributed by atoms with Gasteiger partial charge in [-0.3, -0.25) is 9.78 Å². The van der Waals surface area contributed by atoms with E-state index in [4.69, 9.17) is 4.98 Å². The van der Waals surface area contributed by atoms with Crippen LogP contribution in [0.15, 0.2) is 72.6 Å². The third-order valence-corrected chi connectivity index (χ3v) is 14.2. The van der Waals surface area contributed by atoms with Gasteiger partial charge in [0.2, 0.25) is 0 Å². The molecule has 1 N–H and O–H groups in total. The van der Waals surface area contributed by atoms with Crippen molar-refractivity contribution in [2.45, 2.75) is 119 Å². The minimum absolute atomic E-state index is 0. The van der Waals surface area contributed by atoms with E-state index in [0.29, 0.717) is 5.92 Å². The van der Waals surface area contributed by atoms with Gasteiger partial charge in [-0.1, -0.05) is 127 Å². The van der Waals surface area contributed by atoms with Crippen LogP contribution in [0.5, 0.6) is 0 Å². The van der Waals surface area contributed by atoms with E-state index < -0.39 is 8.07 Å². The summed E-state index contributed by atoms with van der Waals surface area (Å²) in [5, 5.41) is 15.1. The minimum atomic E-state index is -1.34. The molecule has 0 aliphatic rings. The topological polar surface area (TPSA) is 50.2 Å². The molecule has 2 aromatic heterocycles. The summed E-state index contributed by atoms with van der Waals surface area (Å²) in [6.45, 7) is 24.4. The molecule has 6 heteroatoms. The Bertz CT molecular complexity index is 1980. The van der Waals surface area contributed by atoms with Crippen LogP contribution in [0.4, 0.5) is 0 Å². The van der Waals surface area contributed by atoms with E-state index in [1.165, 1.54) is 59.3 Å². The molecule has 3 nitrogen and oxygen atoms in total. The standard InChI is InChI=1S/C33H36NSSi.C13H24O2.Ir/c1-8-23(9-2)30-20-25(19-24-12-10-11-13-29(24)30)31-33-28(16-17-34-31)22(4)32(35-33)27-15-14-26(18-21(27)3)36(5,6)7;1-5-10(6-2)12(14)9-13(15)11(7-3)8-4;/h10-18,20,23H,8-9H2,1-7H3;9-11,14H,5-8H2,1-4H3;/q-1;;/b;12-9-;. The number of hydrogen-bond donors (Lipinski definition) is 1. The van der Waals surface area contributed by atoms with Crippen LogP contribution >= 0.6 is 11.3 Å². The van der Waals surface area contributed by atoms with Gasteiger partial charge in [0.1, 0.15) is 0 Å². The maximum atomic E-state index is 11.7. The molecule has 1 radical (unpaired) electrons. The van der Waals surface area contributed by atoms with Crippen LogP contribution in [-0.4, -0.2) is 23.9 Å². The molecule has 0 spiro atoms. The van der Waals surface area contributed by atoms with E-state index in [1.54, 1.807) is 0 Å². The Morgan fingerprint density at radius 3 is 2.06 bits per heavy atom. The zero-order valence-electron chi connectivity index (χ0n) is 33.4. The number of pyridine rings is 1. The quantitative estimate of drug-likeness (QED) is 0.0554. The Labute approximate surface area is 332 Å². The fourth-order valence-corrected chi connectivity index (χ4v) is 9.84. The number of aliphatic hydroxyl groups excluding tert-OH is 1. The number of fused-ring (bicyclic) bond motifs is 2. The summed E-state index contributed by atoms with van der Waals surface area (Å²) in [5.74, 6) is 1.08. The number of ketones is 1. The number of carbonyl (C=O) groups is 1. The largest absolute Gasteiger partial charge is 0.512 e. The molecule has 0 unspecified atom stereocenters. The van der Waals surface area contributed by atoms with E-state index in [0.717, 1.165) is 49.8 Å². The van der Waals surface area contributed by atoms with Crippen molar-refractivity contribution in [3.05, 3.63) is 95.4 Å². The number of hydrogen-bond acceptors (Lipinski definition) is 4. The predicted molar refractivity (Wildman–Crippen MR) is 226 cm³/mol. The van der Waals surface area contributed by atoms with E-state index in [-0.39, 0.29) is 43.5 Å². The SMILES string of the molecule is CCC(CC)C(=O)/C=C(\O)C(CC)CC.CCC(CC)c1cc(-c2nccc3c(C)c(-c4ccc([Si](C)(C)C)cc4C)sc23)[c-]c2ccccc12.[Ir]. The van der Waals surface area contributed by atoms with Gasteiger partial charge in [0, 0.05) is 59.5 Å². The van der Waals surface area contributed by atoms with E-state index in [1.807, 2.05) is 45.2 Å². The number of benzene rings is 3. The van der Waals surface area contributed by atoms with Crippen molar-refractivity contribution in [3.8, 4) is 21.7 Å². The molecule has 0 aliphatic carbocycles. The molecular weight excluding hydrogens is 851 g/mol. The molecule has 0 amide bonds. The number of aryl methyl sites for hydroxylation is 2. The normalized spacial score (nSPS) is 12.1. The number of allylic oxidation sites excluding steroid dienone is 2. The number of carbonyl (C=O) groups excluding carboxylic acids is 1. The molecule has 0 atom stereocenters. The summed E-state index contributed by atoms with van der Waals surface area (Å²) >= 11 is 1.89. The average molecular weight is 911 g/mol. The van der Waals surface area contributed by atoms with Crippen LogP contribution in [0.25, 0.3) is 42.6 Å². The molecule has 3 aromatic carbocycles. The minimum Gasteiger partial charge on any atom is -0.512 e. The Morgan fingerprint density at radius 1 is 0.846 bits per heavy atom. The first kappa shape index (κ1) is 43.5. The molecule has 0 bridgehead atoms. The van der Waals surface area contributed by atoms with Gasteiger partial charge in [-0.25, -0.2) is 0 Å². The van der Waals surface area contributed by atoms with Crippen LogP contribution in [0.1, 0.15) is 103 Å². The van der Waals surface area contributed by atoms with Crippen molar-refractivity contribution in [1.82, 2.24) is 4.98 Å². The molecule has 0 saturated heterocycles. The zero-order chi connectivity index (χ0) is 37.5. The van der Waals surface area contributed by atoms with Gasteiger partial charge in [-0.15, -0.1) is 40.5 Å². The summed E-state index contributed by atoms with van der Waals surface area (Å²) < 4.78 is 1.26. The third kappa shape index (κ3) is 9.80. The summed E-state index contributed by atoms with van der Waals surface area (Å²) in [5.41, 5.74) is 7.66. The van der Waals surface area contributed by atoms with E-state index in [2.05, 4.69) is 108 Å². The van der Waals surface area contributed by atoms with E-state index >= 15 is 0 Å². The summed E-state index contributed by atoms with van der Waals surface area (Å²) in [6, 6.07) is 24.1. The average Bonchev–Trinajstić information content (AvgIpc) is 3.45. The maximum absolute atomic E-state index is 11.7. The Morgan fingerprint density at radius 2 is 1.48 bits per heavy atom. The van der Waals surface area contributed by atoms with Crippen molar-refractivity contribution >= 4 is 51.2 Å². The number of thiophene rings is 1. The first-order chi connectivity index (χ1) is 24.3. The summed E-state index contributed by atoms with van der Waals surface area (Å²) in [7, 11) is -1.34. The first-order valence-electron chi connectivity index (χ1n) is 19.2. The molecule has 0 fully saturated rings. The fraction of sp³-hybridized carbons (Fsp3) is 0.435. The second kappa shape index (κ2) is 19.4. The molecule has 0 aliphatic heterocycles. The van der Waals surface area contributed by atoms with Crippen molar-refractivity contribution in [3.63, 3.8) is 0 Å². The van der Waals surface area contributed by atoms with Gasteiger partial charge in [0.05, 0.1) is 13.8 Å². The van der Waals surface area contributed by atoms with Gasteiger partial charge in [-0.05, 0) is 73.6 Å². The van der Waals surface area contributed by atoms with Crippen molar-refractivity contribution in [1.29, 1.82) is 0 Å². The number of rotatable bonds is 13. The van der Waals surface area contributed by atoms with Crippen LogP contribution in [-0.2, 0) is 24.9 Å². The van der Waals surface area contributed by atoms with Gasteiger partial charge >= 0.3 is 0 Å². The molecule has 5 rings (SSSR count). The predicted octanol–water partition coefficient (Wildman–Crippen LogP) is 13.5. The molecule has 52 heavy (non-hydrogen) atoms. The second-order valence-corrected chi connectivity index (χ2v) is 21.2. The zero-order valence-corrected chi connectivity index (χ0v) is 37.6. The van der Waals surface area contributed by atoms with Gasteiger partial charge in [-0.2, -0.15) is 0 Å². The Kier molecular flexibility index (Phi) is 16.3. The Hall–Kier alpha value is -2.89. The fourth-order valence-electron chi connectivity index (χ4n) is 7.21. The first-order valence-corrected chi connectivity index (χ1v) is 23.5. The summed E-state index contributed by atoms with van der Waals surface area (Å²) in [4.78, 5) is 18.0. The van der Waals surface area contributed by atoms with Crippen LogP contribution < -0.4 is 5.19 Å². The van der Waals surface area contributed by atoms with Gasteiger partial charge in [0.15, 0.2) is 5.78 Å². The van der Waals surface area contributed by atoms with Crippen LogP contribution in [0.2, 0.25) is 19.6 Å². The molecule has 5 aromatic rings. The monoisotopic (exact) mass is 911 g/mol. The van der Waals surface area contributed by atoms with Crippen molar-refractivity contribution < 1.29 is 30.0 Å². The molecule has 281 valence electrons. The maximum Gasteiger partial charge on any atom is 0.162 e. The van der Waals surface area contributed by atoms with Gasteiger partial charge in [0.25, 0.3) is 0 Å². The Balaban J connectivity index is 0.000000389. The van der Waals surface area contributed by atoms with Crippen LogP contribution in [0.3, 0.4) is 0 Å². The molecule has 0 saturated carbocycles. The van der Waals surface area contributed by atoms with Gasteiger partial charge < -0.3 is 5.11 Å².